The highest BCUT2D eigenvalue weighted by atomic mass is 127. The van der Waals surface area contributed by atoms with Crippen molar-refractivity contribution in [3.8, 4) is 0 Å². The zero-order valence-electron chi connectivity index (χ0n) is 14.5. The summed E-state index contributed by atoms with van der Waals surface area (Å²) in [6.07, 6.45) is 2.84. The minimum atomic E-state index is -0.397. The maximum Gasteiger partial charge on any atom is 0.251 e. The van der Waals surface area contributed by atoms with Crippen LogP contribution in [0, 0.1) is 15.3 Å². The molecule has 1 aromatic rings. The quantitative estimate of drug-likeness (QED) is 0.614. The highest BCUT2D eigenvalue weighted by Crippen LogP contribution is 2.17. The molecule has 5 nitrogen and oxygen atoms in total. The first-order chi connectivity index (χ1) is 12.0. The Kier molecular flexibility index (Phi) is 8.08. The SMILES string of the molecule is CCCNC(=O)CN1CCC(CNC(=O)c2cc(F)cc(I)c2)CC1. The standard InChI is InChI=1S/C18H25FIN3O2/c1-2-5-21-17(24)12-23-6-3-13(4-7-23)11-22-18(25)14-8-15(19)10-16(20)9-14/h8-10,13H,2-7,11-12H2,1H3,(H,21,24)(H,22,25). The number of halogens is 2. The minimum absolute atomic E-state index is 0.0781. The van der Waals surface area contributed by atoms with Crippen molar-refractivity contribution in [2.24, 2.45) is 5.92 Å². The Bertz CT molecular complexity index is 584. The van der Waals surface area contributed by atoms with E-state index in [1.54, 1.807) is 6.07 Å². The van der Waals surface area contributed by atoms with Crippen LogP contribution in [-0.4, -0.2) is 49.4 Å². The van der Waals surface area contributed by atoms with Crippen LogP contribution in [0.15, 0.2) is 18.2 Å². The summed E-state index contributed by atoms with van der Waals surface area (Å²) in [6.45, 7) is 5.50. The second kappa shape index (κ2) is 10.1. The van der Waals surface area contributed by atoms with E-state index < -0.39 is 5.82 Å². The van der Waals surface area contributed by atoms with Crippen LogP contribution < -0.4 is 10.6 Å². The van der Waals surface area contributed by atoms with Crippen LogP contribution >= 0.6 is 22.6 Å². The Morgan fingerprint density at radius 1 is 1.24 bits per heavy atom. The zero-order chi connectivity index (χ0) is 18.2. The molecular weight excluding hydrogens is 436 g/mol. The maximum absolute atomic E-state index is 13.4. The van der Waals surface area contributed by atoms with Crippen molar-refractivity contribution >= 4 is 34.4 Å². The molecule has 2 rings (SSSR count). The Balaban J connectivity index is 1.71. The molecule has 1 aliphatic rings. The van der Waals surface area contributed by atoms with Gasteiger partial charge in [-0.2, -0.15) is 0 Å². The number of hydrogen-bond acceptors (Lipinski definition) is 3. The lowest BCUT2D eigenvalue weighted by Crippen LogP contribution is -2.43. The number of carbonyl (C=O) groups is 2. The molecule has 0 spiro atoms. The van der Waals surface area contributed by atoms with Gasteiger partial charge in [0.05, 0.1) is 6.54 Å². The van der Waals surface area contributed by atoms with Gasteiger partial charge >= 0.3 is 0 Å². The first-order valence-corrected chi connectivity index (χ1v) is 9.79. The minimum Gasteiger partial charge on any atom is -0.355 e. The molecule has 0 radical (unpaired) electrons. The fourth-order valence-corrected chi connectivity index (χ4v) is 3.53. The second-order valence-corrected chi connectivity index (χ2v) is 7.68. The summed E-state index contributed by atoms with van der Waals surface area (Å²) < 4.78 is 14.1. The molecule has 1 fully saturated rings. The largest absolute Gasteiger partial charge is 0.355 e. The van der Waals surface area contributed by atoms with Crippen LogP contribution in [0.5, 0.6) is 0 Å². The number of likely N-dealkylation sites (tertiary alicyclic amines) is 1. The summed E-state index contributed by atoms with van der Waals surface area (Å²) in [4.78, 5) is 26.0. The number of carbonyl (C=O) groups excluding carboxylic acids is 2. The van der Waals surface area contributed by atoms with Crippen LogP contribution in [0.3, 0.4) is 0 Å². The first-order valence-electron chi connectivity index (χ1n) is 8.71. The lowest BCUT2D eigenvalue weighted by atomic mass is 9.96. The number of nitrogens with one attached hydrogen (secondary N) is 2. The van der Waals surface area contributed by atoms with Crippen LogP contribution in [0.1, 0.15) is 36.5 Å². The summed E-state index contributed by atoms with van der Waals surface area (Å²) >= 11 is 2.00. The molecular formula is C18H25FIN3O2. The van der Waals surface area contributed by atoms with Crippen molar-refractivity contribution in [1.29, 1.82) is 0 Å². The van der Waals surface area contributed by atoms with Gasteiger partial charge in [0.15, 0.2) is 0 Å². The van der Waals surface area contributed by atoms with E-state index in [1.807, 2.05) is 29.5 Å². The topological polar surface area (TPSA) is 61.4 Å². The number of benzene rings is 1. The highest BCUT2D eigenvalue weighted by Gasteiger charge is 2.21. The predicted molar refractivity (Wildman–Crippen MR) is 104 cm³/mol. The molecule has 0 aliphatic carbocycles. The summed E-state index contributed by atoms with van der Waals surface area (Å²) in [5.74, 6) is -0.161. The highest BCUT2D eigenvalue weighted by molar-refractivity contribution is 14.1. The van der Waals surface area contributed by atoms with Gasteiger partial charge in [0.1, 0.15) is 5.82 Å². The number of piperidine rings is 1. The van der Waals surface area contributed by atoms with E-state index in [-0.39, 0.29) is 11.8 Å². The summed E-state index contributed by atoms with van der Waals surface area (Å²) in [7, 11) is 0. The van der Waals surface area contributed by atoms with Gasteiger partial charge < -0.3 is 10.6 Å². The van der Waals surface area contributed by atoms with Crippen LogP contribution in [0.25, 0.3) is 0 Å². The van der Waals surface area contributed by atoms with E-state index in [0.29, 0.717) is 28.1 Å². The van der Waals surface area contributed by atoms with Crippen molar-refractivity contribution < 1.29 is 14.0 Å². The van der Waals surface area contributed by atoms with E-state index >= 15 is 0 Å². The van der Waals surface area contributed by atoms with Crippen LogP contribution in [0.2, 0.25) is 0 Å². The molecule has 0 atom stereocenters. The molecule has 0 aromatic heterocycles. The van der Waals surface area contributed by atoms with Gasteiger partial charge in [-0.1, -0.05) is 6.92 Å². The van der Waals surface area contributed by atoms with Gasteiger partial charge in [0.2, 0.25) is 5.91 Å². The summed E-state index contributed by atoms with van der Waals surface area (Å²) in [5.41, 5.74) is 0.356. The smallest absolute Gasteiger partial charge is 0.251 e. The van der Waals surface area contributed by atoms with E-state index in [2.05, 4.69) is 15.5 Å². The Hall–Kier alpha value is -1.22. The third kappa shape index (κ3) is 6.89. The molecule has 2 amide bonds. The molecule has 138 valence electrons. The van der Waals surface area contributed by atoms with Crippen molar-refractivity contribution in [3.05, 3.63) is 33.1 Å². The van der Waals surface area contributed by atoms with Gasteiger partial charge in [0, 0.05) is 22.2 Å². The molecule has 0 saturated carbocycles. The van der Waals surface area contributed by atoms with Gasteiger partial charge in [-0.25, -0.2) is 4.39 Å². The molecule has 7 heteroatoms. The Labute approximate surface area is 161 Å². The van der Waals surface area contributed by atoms with Gasteiger partial charge in [-0.05, 0) is 79.1 Å². The number of nitrogens with zero attached hydrogens (tertiary/aromatic N) is 1. The van der Waals surface area contributed by atoms with Crippen molar-refractivity contribution in [2.75, 3.05) is 32.7 Å². The molecule has 1 saturated heterocycles. The molecule has 0 bridgehead atoms. The van der Waals surface area contributed by atoms with Crippen molar-refractivity contribution in [1.82, 2.24) is 15.5 Å². The third-order valence-corrected chi connectivity index (χ3v) is 4.95. The predicted octanol–water partition coefficient (Wildman–Crippen LogP) is 2.40. The zero-order valence-corrected chi connectivity index (χ0v) is 16.6. The molecule has 1 aromatic carbocycles. The molecule has 25 heavy (non-hydrogen) atoms. The second-order valence-electron chi connectivity index (χ2n) is 6.44. The lowest BCUT2D eigenvalue weighted by molar-refractivity contribution is -0.122. The fraction of sp³-hybridized carbons (Fsp3) is 0.556. The van der Waals surface area contributed by atoms with Crippen molar-refractivity contribution in [2.45, 2.75) is 26.2 Å². The molecule has 0 unspecified atom stereocenters. The van der Waals surface area contributed by atoms with Crippen LogP contribution in [-0.2, 0) is 4.79 Å². The molecule has 2 N–H and O–H groups in total. The summed E-state index contributed by atoms with van der Waals surface area (Å²) in [6, 6.07) is 4.33. The average Bonchev–Trinajstić information content (AvgIpc) is 2.58. The number of amides is 2. The van der Waals surface area contributed by atoms with Gasteiger partial charge in [-0.3, -0.25) is 14.5 Å². The van der Waals surface area contributed by atoms with Gasteiger partial charge in [-0.15, -0.1) is 0 Å². The Morgan fingerprint density at radius 2 is 1.96 bits per heavy atom. The van der Waals surface area contributed by atoms with Crippen molar-refractivity contribution in [3.63, 3.8) is 0 Å². The maximum atomic E-state index is 13.4. The normalized spacial score (nSPS) is 15.8. The van der Waals surface area contributed by atoms with E-state index in [0.717, 1.165) is 38.9 Å². The molecule has 1 heterocycles. The molecule has 1 aliphatic heterocycles. The monoisotopic (exact) mass is 461 g/mol. The third-order valence-electron chi connectivity index (χ3n) is 4.32. The lowest BCUT2D eigenvalue weighted by Gasteiger charge is -2.31. The van der Waals surface area contributed by atoms with Gasteiger partial charge in [0.25, 0.3) is 5.91 Å². The van der Waals surface area contributed by atoms with E-state index in [4.69, 9.17) is 0 Å². The average molecular weight is 461 g/mol. The van der Waals surface area contributed by atoms with E-state index in [9.17, 15) is 14.0 Å². The number of rotatable bonds is 7. The first kappa shape index (κ1) is 20.1. The Morgan fingerprint density at radius 3 is 2.60 bits per heavy atom. The van der Waals surface area contributed by atoms with Crippen LogP contribution in [0.4, 0.5) is 4.39 Å². The number of hydrogen-bond donors (Lipinski definition) is 2. The fourth-order valence-electron chi connectivity index (χ4n) is 2.90. The summed E-state index contributed by atoms with van der Waals surface area (Å²) in [5, 5.41) is 5.79. The van der Waals surface area contributed by atoms with E-state index in [1.165, 1.54) is 12.1 Å².